The minimum atomic E-state index is -0.375. The molecule has 21 heavy (non-hydrogen) atoms. The van der Waals surface area contributed by atoms with E-state index in [2.05, 4.69) is 4.90 Å². The van der Waals surface area contributed by atoms with Gasteiger partial charge < -0.3 is 9.47 Å². The van der Waals surface area contributed by atoms with Gasteiger partial charge in [-0.05, 0) is 44.0 Å². The standard InChI is InChI=1S/C16H22FNO3/c1-3-21-16(19)14-6-4-5-9-18(14)11-12-7-8-15(20-2)13(17)10-12/h7-8,10,14H,3-6,9,11H2,1-2H3. The van der Waals surface area contributed by atoms with Crippen LogP contribution in [-0.2, 0) is 16.1 Å². The van der Waals surface area contributed by atoms with Crippen molar-refractivity contribution < 1.29 is 18.7 Å². The van der Waals surface area contributed by atoms with E-state index >= 15 is 0 Å². The number of nitrogens with zero attached hydrogens (tertiary/aromatic N) is 1. The summed E-state index contributed by atoms with van der Waals surface area (Å²) in [6.45, 7) is 3.58. The molecule has 1 saturated heterocycles. The molecule has 1 unspecified atom stereocenters. The molecule has 0 amide bonds. The van der Waals surface area contributed by atoms with Crippen molar-refractivity contribution in [2.24, 2.45) is 0 Å². The summed E-state index contributed by atoms with van der Waals surface area (Å²) in [5.41, 5.74) is 0.837. The summed E-state index contributed by atoms with van der Waals surface area (Å²) < 4.78 is 23.8. The highest BCUT2D eigenvalue weighted by molar-refractivity contribution is 5.75. The Labute approximate surface area is 124 Å². The maximum atomic E-state index is 13.7. The van der Waals surface area contributed by atoms with Crippen molar-refractivity contribution in [3.63, 3.8) is 0 Å². The van der Waals surface area contributed by atoms with Crippen molar-refractivity contribution in [2.75, 3.05) is 20.3 Å². The van der Waals surface area contributed by atoms with Crippen LogP contribution in [-0.4, -0.2) is 37.2 Å². The zero-order chi connectivity index (χ0) is 15.2. The van der Waals surface area contributed by atoms with Crippen LogP contribution in [0.3, 0.4) is 0 Å². The molecule has 1 aliphatic heterocycles. The summed E-state index contributed by atoms with van der Waals surface area (Å²) in [7, 11) is 1.44. The number of methoxy groups -OCH3 is 1. The number of carbonyl (C=O) groups excluding carboxylic acids is 1. The summed E-state index contributed by atoms with van der Waals surface area (Å²) >= 11 is 0. The molecular formula is C16H22FNO3. The number of ether oxygens (including phenoxy) is 2. The van der Waals surface area contributed by atoms with Crippen molar-refractivity contribution in [3.8, 4) is 5.75 Å². The largest absolute Gasteiger partial charge is 0.494 e. The Bertz CT molecular complexity index is 492. The number of piperidine rings is 1. The first-order chi connectivity index (χ1) is 10.2. The monoisotopic (exact) mass is 295 g/mol. The van der Waals surface area contributed by atoms with E-state index in [1.807, 2.05) is 13.0 Å². The third-order valence-corrected chi connectivity index (χ3v) is 3.77. The number of halogens is 1. The zero-order valence-electron chi connectivity index (χ0n) is 12.6. The van der Waals surface area contributed by atoms with Crippen LogP contribution in [0.4, 0.5) is 4.39 Å². The quantitative estimate of drug-likeness (QED) is 0.783. The Hall–Kier alpha value is -1.62. The molecule has 1 aliphatic rings. The van der Waals surface area contributed by atoms with Gasteiger partial charge in [0.2, 0.25) is 0 Å². The molecule has 0 aliphatic carbocycles. The van der Waals surface area contributed by atoms with Gasteiger partial charge in [0.15, 0.2) is 11.6 Å². The third-order valence-electron chi connectivity index (χ3n) is 3.77. The highest BCUT2D eigenvalue weighted by Crippen LogP contribution is 2.23. The number of likely N-dealkylation sites (tertiary alicyclic amines) is 1. The molecule has 0 radical (unpaired) electrons. The van der Waals surface area contributed by atoms with Crippen LogP contribution in [0.1, 0.15) is 31.7 Å². The van der Waals surface area contributed by atoms with E-state index < -0.39 is 0 Å². The molecule has 0 spiro atoms. The van der Waals surface area contributed by atoms with Crippen LogP contribution in [0.2, 0.25) is 0 Å². The molecule has 0 N–H and O–H groups in total. The summed E-state index contributed by atoms with van der Waals surface area (Å²) in [5.74, 6) is -0.315. The molecule has 0 aromatic heterocycles. The van der Waals surface area contributed by atoms with Crippen molar-refractivity contribution in [1.29, 1.82) is 0 Å². The molecule has 1 heterocycles. The summed E-state index contributed by atoms with van der Waals surface area (Å²) in [5, 5.41) is 0. The van der Waals surface area contributed by atoms with Gasteiger partial charge in [-0.3, -0.25) is 9.69 Å². The average Bonchev–Trinajstić information content (AvgIpc) is 2.48. The highest BCUT2D eigenvalue weighted by atomic mass is 19.1. The predicted octanol–water partition coefficient (Wildman–Crippen LogP) is 2.75. The molecule has 1 atom stereocenters. The molecule has 1 aromatic rings. The van der Waals surface area contributed by atoms with Crippen LogP contribution in [0.5, 0.6) is 5.75 Å². The predicted molar refractivity (Wildman–Crippen MR) is 77.6 cm³/mol. The van der Waals surface area contributed by atoms with E-state index in [0.29, 0.717) is 13.2 Å². The first-order valence-electron chi connectivity index (χ1n) is 7.38. The van der Waals surface area contributed by atoms with Gasteiger partial charge >= 0.3 is 5.97 Å². The molecular weight excluding hydrogens is 273 g/mol. The zero-order valence-corrected chi connectivity index (χ0v) is 12.6. The van der Waals surface area contributed by atoms with E-state index in [1.54, 1.807) is 6.07 Å². The maximum Gasteiger partial charge on any atom is 0.323 e. The fraction of sp³-hybridized carbons (Fsp3) is 0.562. The summed E-state index contributed by atoms with van der Waals surface area (Å²) in [6, 6.07) is 4.70. The lowest BCUT2D eigenvalue weighted by atomic mass is 10.0. The first kappa shape index (κ1) is 15.8. The molecule has 0 bridgehead atoms. The second-order valence-electron chi connectivity index (χ2n) is 5.20. The summed E-state index contributed by atoms with van der Waals surface area (Å²) in [4.78, 5) is 14.1. The van der Waals surface area contributed by atoms with E-state index in [-0.39, 0.29) is 23.6 Å². The van der Waals surface area contributed by atoms with Crippen LogP contribution in [0.25, 0.3) is 0 Å². The Morgan fingerprint density at radius 1 is 1.43 bits per heavy atom. The lowest BCUT2D eigenvalue weighted by molar-refractivity contribution is -0.151. The molecule has 116 valence electrons. The van der Waals surface area contributed by atoms with Crippen LogP contribution in [0, 0.1) is 5.82 Å². The number of carbonyl (C=O) groups is 1. The van der Waals surface area contributed by atoms with Gasteiger partial charge in [-0.1, -0.05) is 12.5 Å². The number of hydrogen-bond acceptors (Lipinski definition) is 4. The summed E-state index contributed by atoms with van der Waals surface area (Å²) in [6.07, 6.45) is 2.88. The Balaban J connectivity index is 2.08. The van der Waals surface area contributed by atoms with Crippen LogP contribution >= 0.6 is 0 Å². The normalized spacial score (nSPS) is 19.3. The Kier molecular flexibility index (Phi) is 5.56. The van der Waals surface area contributed by atoms with Gasteiger partial charge in [0.05, 0.1) is 13.7 Å². The van der Waals surface area contributed by atoms with Crippen LogP contribution < -0.4 is 4.74 Å². The number of esters is 1. The fourth-order valence-electron chi connectivity index (χ4n) is 2.73. The highest BCUT2D eigenvalue weighted by Gasteiger charge is 2.29. The van der Waals surface area contributed by atoms with Gasteiger partial charge in [-0.25, -0.2) is 4.39 Å². The minimum absolute atomic E-state index is 0.175. The van der Waals surface area contributed by atoms with Gasteiger partial charge in [-0.15, -0.1) is 0 Å². The second kappa shape index (κ2) is 7.41. The number of rotatable bonds is 5. The van der Waals surface area contributed by atoms with Gasteiger partial charge in [0.1, 0.15) is 6.04 Å². The lowest BCUT2D eigenvalue weighted by Gasteiger charge is -2.34. The average molecular weight is 295 g/mol. The molecule has 2 rings (SSSR count). The lowest BCUT2D eigenvalue weighted by Crippen LogP contribution is -2.44. The Morgan fingerprint density at radius 3 is 2.90 bits per heavy atom. The number of hydrogen-bond donors (Lipinski definition) is 0. The van der Waals surface area contributed by atoms with E-state index in [0.717, 1.165) is 31.4 Å². The van der Waals surface area contributed by atoms with Gasteiger partial charge in [0, 0.05) is 6.54 Å². The molecule has 5 heteroatoms. The van der Waals surface area contributed by atoms with Crippen molar-refractivity contribution in [3.05, 3.63) is 29.6 Å². The SMILES string of the molecule is CCOC(=O)C1CCCCN1Cc1ccc(OC)c(F)c1. The van der Waals surface area contributed by atoms with E-state index in [1.165, 1.54) is 13.2 Å². The minimum Gasteiger partial charge on any atom is -0.494 e. The van der Waals surface area contributed by atoms with E-state index in [4.69, 9.17) is 9.47 Å². The number of benzene rings is 1. The van der Waals surface area contributed by atoms with Crippen LogP contribution in [0.15, 0.2) is 18.2 Å². The molecule has 4 nitrogen and oxygen atoms in total. The smallest absolute Gasteiger partial charge is 0.323 e. The van der Waals surface area contributed by atoms with E-state index in [9.17, 15) is 9.18 Å². The topological polar surface area (TPSA) is 38.8 Å². The Morgan fingerprint density at radius 2 is 2.24 bits per heavy atom. The molecule has 0 saturated carbocycles. The molecule has 1 aromatic carbocycles. The van der Waals surface area contributed by atoms with Gasteiger partial charge in [0.25, 0.3) is 0 Å². The van der Waals surface area contributed by atoms with Crippen molar-refractivity contribution in [2.45, 2.75) is 38.8 Å². The maximum absolute atomic E-state index is 13.7. The van der Waals surface area contributed by atoms with Crippen molar-refractivity contribution >= 4 is 5.97 Å². The van der Waals surface area contributed by atoms with Crippen molar-refractivity contribution in [1.82, 2.24) is 4.90 Å². The first-order valence-corrected chi connectivity index (χ1v) is 7.38. The fourth-order valence-corrected chi connectivity index (χ4v) is 2.73. The third kappa shape index (κ3) is 3.94. The second-order valence-corrected chi connectivity index (χ2v) is 5.20. The molecule has 1 fully saturated rings. The van der Waals surface area contributed by atoms with Gasteiger partial charge in [-0.2, -0.15) is 0 Å².